The molecule has 0 fully saturated rings. The highest BCUT2D eigenvalue weighted by Crippen LogP contribution is 2.38. The lowest BCUT2D eigenvalue weighted by atomic mass is 9.93. The van der Waals surface area contributed by atoms with Crippen LogP contribution >= 0.6 is 0 Å². The van der Waals surface area contributed by atoms with E-state index in [1.165, 1.54) is 0 Å². The molecule has 4 heteroatoms. The van der Waals surface area contributed by atoms with E-state index in [0.29, 0.717) is 0 Å². The van der Waals surface area contributed by atoms with Gasteiger partial charge in [-0.1, -0.05) is 34.6 Å². The molecule has 0 saturated heterocycles. The molecule has 0 rings (SSSR count). The maximum Gasteiger partial charge on any atom is 0.192 e. The second-order valence-corrected chi connectivity index (χ2v) is 11.7. The summed E-state index contributed by atoms with van der Waals surface area (Å²) in [5.41, 5.74) is 0. The van der Waals surface area contributed by atoms with Gasteiger partial charge in [-0.2, -0.15) is 0 Å². The van der Waals surface area contributed by atoms with Crippen molar-refractivity contribution < 1.29 is 14.6 Å². The summed E-state index contributed by atoms with van der Waals surface area (Å²) in [7, 11) is -1.83. The molecule has 4 atom stereocenters. The molecule has 0 aliphatic heterocycles. The van der Waals surface area contributed by atoms with Gasteiger partial charge in [0.05, 0.1) is 12.2 Å². The van der Waals surface area contributed by atoms with Gasteiger partial charge in [-0.3, -0.25) is 0 Å². The van der Waals surface area contributed by atoms with Crippen molar-refractivity contribution in [2.24, 2.45) is 5.92 Å². The Morgan fingerprint density at radius 2 is 1.56 bits per heavy atom. The van der Waals surface area contributed by atoms with Crippen LogP contribution < -0.4 is 0 Å². The van der Waals surface area contributed by atoms with Crippen molar-refractivity contribution in [3.8, 4) is 0 Å². The van der Waals surface area contributed by atoms with Crippen molar-refractivity contribution in [2.45, 2.75) is 84.4 Å². The Balaban J connectivity index is 4.81. The zero-order valence-corrected chi connectivity index (χ0v) is 14.3. The molecular weight excluding hydrogens is 244 g/mol. The number of hydrogen-bond acceptors (Lipinski definition) is 3. The Labute approximate surface area is 114 Å². The quantitative estimate of drug-likeness (QED) is 0.733. The van der Waals surface area contributed by atoms with Crippen LogP contribution in [-0.2, 0) is 4.43 Å². The minimum absolute atomic E-state index is 0.00971. The molecule has 110 valence electrons. The van der Waals surface area contributed by atoms with E-state index in [0.717, 1.165) is 6.42 Å². The van der Waals surface area contributed by atoms with Gasteiger partial charge in [-0.25, -0.2) is 0 Å². The van der Waals surface area contributed by atoms with Crippen molar-refractivity contribution >= 4 is 8.32 Å². The molecule has 0 unspecified atom stereocenters. The molecule has 0 saturated carbocycles. The van der Waals surface area contributed by atoms with Crippen LogP contribution in [-0.4, -0.2) is 36.8 Å². The van der Waals surface area contributed by atoms with Crippen LogP contribution in [0.15, 0.2) is 0 Å². The lowest BCUT2D eigenvalue weighted by Gasteiger charge is -2.41. The Morgan fingerprint density at radius 3 is 1.83 bits per heavy atom. The SMILES string of the molecule is CC[C@H](O[Si](C)(C)C(C)(C)C)[C@@H](C)[C@H](O)[C@H](C)O. The minimum Gasteiger partial charge on any atom is -0.414 e. The van der Waals surface area contributed by atoms with Gasteiger partial charge in [0.15, 0.2) is 8.32 Å². The van der Waals surface area contributed by atoms with Crippen molar-refractivity contribution in [3.05, 3.63) is 0 Å². The van der Waals surface area contributed by atoms with E-state index < -0.39 is 20.5 Å². The summed E-state index contributed by atoms with van der Waals surface area (Å²) in [6, 6.07) is 0. The lowest BCUT2D eigenvalue weighted by molar-refractivity contribution is -0.0411. The van der Waals surface area contributed by atoms with E-state index in [4.69, 9.17) is 4.43 Å². The second-order valence-electron chi connectivity index (χ2n) is 6.92. The number of aliphatic hydroxyl groups excluding tert-OH is 2. The summed E-state index contributed by atoms with van der Waals surface area (Å²) >= 11 is 0. The van der Waals surface area contributed by atoms with Crippen LogP contribution in [0.3, 0.4) is 0 Å². The van der Waals surface area contributed by atoms with E-state index in [1.54, 1.807) is 6.92 Å². The standard InChI is InChI=1S/C14H32O3Si/c1-9-12(10(2)13(16)11(3)15)17-18(7,8)14(4,5)6/h10-13,15-16H,9H2,1-8H3/t10-,11+,12+,13+/m1/s1. The fourth-order valence-corrected chi connectivity index (χ4v) is 3.27. The predicted molar refractivity (Wildman–Crippen MR) is 79.2 cm³/mol. The van der Waals surface area contributed by atoms with Crippen molar-refractivity contribution in [1.82, 2.24) is 0 Å². The smallest absolute Gasteiger partial charge is 0.192 e. The highest BCUT2D eigenvalue weighted by Gasteiger charge is 2.40. The fraction of sp³-hybridized carbons (Fsp3) is 1.00. The normalized spacial score (nSPS) is 20.3. The zero-order chi connectivity index (χ0) is 14.7. The van der Waals surface area contributed by atoms with Gasteiger partial charge in [-0.05, 0) is 31.5 Å². The van der Waals surface area contributed by atoms with E-state index in [2.05, 4.69) is 40.8 Å². The maximum absolute atomic E-state index is 9.98. The van der Waals surface area contributed by atoms with Gasteiger partial charge >= 0.3 is 0 Å². The predicted octanol–water partition coefficient (Wildman–Crippen LogP) is 3.16. The van der Waals surface area contributed by atoms with Gasteiger partial charge < -0.3 is 14.6 Å². The van der Waals surface area contributed by atoms with Crippen LogP contribution in [0.4, 0.5) is 0 Å². The van der Waals surface area contributed by atoms with Crippen LogP contribution in [0.2, 0.25) is 18.1 Å². The van der Waals surface area contributed by atoms with Gasteiger partial charge in [0.25, 0.3) is 0 Å². The molecule has 0 radical (unpaired) electrons. The molecule has 3 nitrogen and oxygen atoms in total. The topological polar surface area (TPSA) is 49.7 Å². The first kappa shape index (κ1) is 18.1. The van der Waals surface area contributed by atoms with Gasteiger partial charge in [0.1, 0.15) is 0 Å². The molecule has 0 aromatic carbocycles. The Bertz CT molecular complexity index is 246. The molecule has 0 amide bonds. The molecule has 2 N–H and O–H groups in total. The molecule has 0 aliphatic rings. The average Bonchev–Trinajstić information content (AvgIpc) is 2.22. The summed E-state index contributed by atoms with van der Waals surface area (Å²) in [4.78, 5) is 0. The molecule has 0 aromatic heterocycles. The van der Waals surface area contributed by atoms with Gasteiger partial charge in [0, 0.05) is 12.0 Å². The van der Waals surface area contributed by atoms with Crippen molar-refractivity contribution in [3.63, 3.8) is 0 Å². The summed E-state index contributed by atoms with van der Waals surface area (Å²) < 4.78 is 6.35. The van der Waals surface area contributed by atoms with Crippen LogP contribution in [0, 0.1) is 5.92 Å². The molecule has 0 aromatic rings. The monoisotopic (exact) mass is 276 g/mol. The summed E-state index contributed by atoms with van der Waals surface area (Å²) in [6.07, 6.45) is -0.565. The van der Waals surface area contributed by atoms with Crippen molar-refractivity contribution in [1.29, 1.82) is 0 Å². The van der Waals surface area contributed by atoms with Crippen LogP contribution in [0.25, 0.3) is 0 Å². The van der Waals surface area contributed by atoms with Crippen LogP contribution in [0.1, 0.15) is 48.0 Å². The summed E-state index contributed by atoms with van der Waals surface area (Å²) in [5, 5.41) is 19.6. The first-order chi connectivity index (χ1) is 7.94. The minimum atomic E-state index is -1.83. The van der Waals surface area contributed by atoms with Crippen molar-refractivity contribution in [2.75, 3.05) is 0 Å². The maximum atomic E-state index is 9.98. The highest BCUT2D eigenvalue weighted by atomic mass is 28.4. The molecule has 0 bridgehead atoms. The Kier molecular flexibility index (Phi) is 6.54. The van der Waals surface area contributed by atoms with E-state index in [1.807, 2.05) is 6.92 Å². The fourth-order valence-electron chi connectivity index (χ4n) is 1.78. The third kappa shape index (κ3) is 4.65. The van der Waals surface area contributed by atoms with Gasteiger partial charge in [-0.15, -0.1) is 0 Å². The first-order valence-electron chi connectivity index (χ1n) is 6.98. The number of hydrogen-bond donors (Lipinski definition) is 2. The lowest BCUT2D eigenvalue weighted by Crippen LogP contribution is -2.48. The molecule has 0 aliphatic carbocycles. The van der Waals surface area contributed by atoms with E-state index in [9.17, 15) is 10.2 Å². The van der Waals surface area contributed by atoms with Gasteiger partial charge in [0.2, 0.25) is 0 Å². The van der Waals surface area contributed by atoms with Crippen LogP contribution in [0.5, 0.6) is 0 Å². The Hall–Kier alpha value is 0.0969. The molecular formula is C14H32O3Si. The third-order valence-corrected chi connectivity index (χ3v) is 8.78. The molecule has 0 heterocycles. The number of rotatable bonds is 6. The average molecular weight is 276 g/mol. The second kappa shape index (κ2) is 6.50. The zero-order valence-electron chi connectivity index (χ0n) is 13.3. The van der Waals surface area contributed by atoms with E-state index >= 15 is 0 Å². The molecule has 0 spiro atoms. The third-order valence-electron chi connectivity index (χ3n) is 4.27. The first-order valence-corrected chi connectivity index (χ1v) is 9.88. The Morgan fingerprint density at radius 1 is 1.11 bits per heavy atom. The summed E-state index contributed by atoms with van der Waals surface area (Å²) in [5.74, 6) is -0.0517. The summed E-state index contributed by atoms with van der Waals surface area (Å²) in [6.45, 7) is 16.7. The van der Waals surface area contributed by atoms with E-state index in [-0.39, 0.29) is 17.1 Å². The number of aliphatic hydroxyl groups is 2. The largest absolute Gasteiger partial charge is 0.414 e. The molecule has 18 heavy (non-hydrogen) atoms. The highest BCUT2D eigenvalue weighted by molar-refractivity contribution is 6.74.